The van der Waals surface area contributed by atoms with E-state index < -0.39 is 5.60 Å². The summed E-state index contributed by atoms with van der Waals surface area (Å²) in [4.78, 5) is 14.4. The Morgan fingerprint density at radius 2 is 2.24 bits per heavy atom. The SMILES string of the molecule is CCC(CC)c1cc(C(=O)N2CCCC(O)(Cn3ccnn3)C2)on1. The molecule has 1 fully saturated rings. The van der Waals surface area contributed by atoms with E-state index in [1.807, 2.05) is 0 Å². The Kier molecular flexibility index (Phi) is 5.17. The van der Waals surface area contributed by atoms with Gasteiger partial charge in [0.15, 0.2) is 0 Å². The highest BCUT2D eigenvalue weighted by molar-refractivity contribution is 5.91. The first-order chi connectivity index (χ1) is 12.0. The molecular weight excluding hydrogens is 322 g/mol. The number of carbonyl (C=O) groups is 1. The topological polar surface area (TPSA) is 97.3 Å². The lowest BCUT2D eigenvalue weighted by atomic mass is 9.92. The molecule has 0 bridgehead atoms. The van der Waals surface area contributed by atoms with E-state index >= 15 is 0 Å². The number of β-amino-alcohol motifs (C(OH)–C–C–N with tert-alkyl or cyclic N) is 1. The maximum absolute atomic E-state index is 12.7. The lowest BCUT2D eigenvalue weighted by molar-refractivity contribution is -0.0395. The third kappa shape index (κ3) is 3.89. The largest absolute Gasteiger partial charge is 0.386 e. The number of aromatic nitrogens is 4. The summed E-state index contributed by atoms with van der Waals surface area (Å²) >= 11 is 0. The Morgan fingerprint density at radius 3 is 2.92 bits per heavy atom. The lowest BCUT2D eigenvalue weighted by Gasteiger charge is -2.38. The van der Waals surface area contributed by atoms with Gasteiger partial charge in [-0.1, -0.05) is 24.2 Å². The molecule has 1 aliphatic heterocycles. The molecule has 3 heterocycles. The normalized spacial score (nSPS) is 21.0. The molecule has 8 nitrogen and oxygen atoms in total. The van der Waals surface area contributed by atoms with E-state index in [1.54, 1.807) is 28.0 Å². The molecule has 1 aliphatic rings. The summed E-state index contributed by atoms with van der Waals surface area (Å²) in [6.07, 6.45) is 6.53. The van der Waals surface area contributed by atoms with Crippen LogP contribution >= 0.6 is 0 Å². The molecular formula is C17H25N5O3. The van der Waals surface area contributed by atoms with Gasteiger partial charge in [-0.15, -0.1) is 5.10 Å². The van der Waals surface area contributed by atoms with Gasteiger partial charge in [0.25, 0.3) is 5.91 Å². The highest BCUT2D eigenvalue weighted by Gasteiger charge is 2.37. The first-order valence-electron chi connectivity index (χ1n) is 8.87. The first-order valence-corrected chi connectivity index (χ1v) is 8.87. The van der Waals surface area contributed by atoms with E-state index in [9.17, 15) is 9.90 Å². The van der Waals surface area contributed by atoms with Crippen molar-refractivity contribution < 1.29 is 14.4 Å². The molecule has 2 aromatic rings. The summed E-state index contributed by atoms with van der Waals surface area (Å²) in [5.41, 5.74) is -0.192. The van der Waals surface area contributed by atoms with Crippen LogP contribution < -0.4 is 0 Å². The number of carbonyl (C=O) groups excluding carboxylic acids is 1. The third-order valence-electron chi connectivity index (χ3n) is 4.91. The zero-order chi connectivity index (χ0) is 17.9. The average Bonchev–Trinajstić information content (AvgIpc) is 3.27. The van der Waals surface area contributed by atoms with E-state index in [2.05, 4.69) is 29.3 Å². The molecule has 1 N–H and O–H groups in total. The number of rotatable bonds is 6. The number of nitrogens with zero attached hydrogens (tertiary/aromatic N) is 5. The van der Waals surface area contributed by atoms with Crippen LogP contribution in [-0.2, 0) is 6.54 Å². The quantitative estimate of drug-likeness (QED) is 0.856. The minimum Gasteiger partial charge on any atom is -0.386 e. The Balaban J connectivity index is 1.69. The maximum atomic E-state index is 12.7. The van der Waals surface area contributed by atoms with Gasteiger partial charge in [0.1, 0.15) is 5.60 Å². The number of piperidine rings is 1. The number of aliphatic hydroxyl groups is 1. The van der Waals surface area contributed by atoms with E-state index in [1.165, 1.54) is 0 Å². The molecule has 0 radical (unpaired) electrons. The van der Waals surface area contributed by atoms with Crippen molar-refractivity contribution in [1.82, 2.24) is 25.1 Å². The molecule has 0 aliphatic carbocycles. The van der Waals surface area contributed by atoms with Crippen molar-refractivity contribution in [3.05, 3.63) is 29.9 Å². The standard InChI is InChI=1S/C17H25N5O3/c1-3-13(4-2)14-10-15(25-19-14)16(23)21-8-5-6-17(24,11-21)12-22-9-7-18-20-22/h7,9-10,13,24H,3-6,8,11-12H2,1-2H3. The van der Waals surface area contributed by atoms with Crippen LogP contribution in [0.25, 0.3) is 0 Å². The molecule has 136 valence electrons. The van der Waals surface area contributed by atoms with E-state index in [-0.39, 0.29) is 18.2 Å². The van der Waals surface area contributed by atoms with E-state index in [4.69, 9.17) is 4.52 Å². The fourth-order valence-electron chi connectivity index (χ4n) is 3.48. The molecule has 0 spiro atoms. The van der Waals surface area contributed by atoms with Crippen LogP contribution in [0, 0.1) is 0 Å². The monoisotopic (exact) mass is 347 g/mol. The molecule has 1 atom stereocenters. The molecule has 1 unspecified atom stereocenters. The van der Waals surface area contributed by atoms with Gasteiger partial charge in [0.2, 0.25) is 5.76 Å². The van der Waals surface area contributed by atoms with Crippen LogP contribution in [0.3, 0.4) is 0 Å². The van der Waals surface area contributed by atoms with E-state index in [0.717, 1.165) is 25.0 Å². The van der Waals surface area contributed by atoms with Crippen LogP contribution in [0.15, 0.2) is 23.0 Å². The minimum absolute atomic E-state index is 0.221. The van der Waals surface area contributed by atoms with Crippen molar-refractivity contribution in [1.29, 1.82) is 0 Å². The summed E-state index contributed by atoms with van der Waals surface area (Å²) in [7, 11) is 0. The third-order valence-corrected chi connectivity index (χ3v) is 4.91. The second kappa shape index (κ2) is 7.35. The molecule has 2 aromatic heterocycles. The number of amides is 1. The van der Waals surface area contributed by atoms with Gasteiger partial charge in [-0.05, 0) is 25.7 Å². The van der Waals surface area contributed by atoms with Crippen LogP contribution in [0.5, 0.6) is 0 Å². The Hall–Kier alpha value is -2.22. The summed E-state index contributed by atoms with van der Waals surface area (Å²) in [6.45, 7) is 5.34. The average molecular weight is 347 g/mol. The number of hydrogen-bond donors (Lipinski definition) is 1. The minimum atomic E-state index is -1.01. The highest BCUT2D eigenvalue weighted by Crippen LogP contribution is 2.26. The highest BCUT2D eigenvalue weighted by atomic mass is 16.5. The zero-order valence-corrected chi connectivity index (χ0v) is 14.8. The van der Waals surface area contributed by atoms with Crippen molar-refractivity contribution >= 4 is 5.91 Å². The summed E-state index contributed by atoms with van der Waals surface area (Å²) in [5, 5.41) is 22.6. The fraction of sp³-hybridized carbons (Fsp3) is 0.647. The van der Waals surface area contributed by atoms with Gasteiger partial charge in [-0.2, -0.15) is 0 Å². The van der Waals surface area contributed by atoms with Gasteiger partial charge >= 0.3 is 0 Å². The molecule has 3 rings (SSSR count). The predicted octanol–water partition coefficient (Wildman–Crippen LogP) is 1.84. The van der Waals surface area contributed by atoms with E-state index in [0.29, 0.717) is 25.4 Å². The maximum Gasteiger partial charge on any atom is 0.292 e. The predicted molar refractivity (Wildman–Crippen MR) is 89.9 cm³/mol. The van der Waals surface area contributed by atoms with Gasteiger partial charge in [0.05, 0.1) is 25.0 Å². The Morgan fingerprint density at radius 1 is 1.44 bits per heavy atom. The molecule has 0 saturated carbocycles. The van der Waals surface area contributed by atoms with Gasteiger partial charge < -0.3 is 14.5 Å². The van der Waals surface area contributed by atoms with Crippen molar-refractivity contribution in [2.45, 2.75) is 57.6 Å². The van der Waals surface area contributed by atoms with Crippen LogP contribution in [0.2, 0.25) is 0 Å². The molecule has 1 saturated heterocycles. The van der Waals surface area contributed by atoms with Gasteiger partial charge in [0, 0.05) is 24.7 Å². The fourth-order valence-corrected chi connectivity index (χ4v) is 3.48. The smallest absolute Gasteiger partial charge is 0.292 e. The van der Waals surface area contributed by atoms with Crippen molar-refractivity contribution in [3.8, 4) is 0 Å². The molecule has 1 amide bonds. The van der Waals surface area contributed by atoms with Crippen LogP contribution in [-0.4, -0.2) is 54.8 Å². The second-order valence-corrected chi connectivity index (χ2v) is 6.78. The Labute approximate surface area is 146 Å². The lowest BCUT2D eigenvalue weighted by Crippen LogP contribution is -2.52. The molecule has 0 aromatic carbocycles. The zero-order valence-electron chi connectivity index (χ0n) is 14.8. The first kappa shape index (κ1) is 17.6. The number of likely N-dealkylation sites (tertiary alicyclic amines) is 1. The van der Waals surface area contributed by atoms with Gasteiger partial charge in [-0.3, -0.25) is 4.79 Å². The summed E-state index contributed by atoms with van der Waals surface area (Å²) in [5.74, 6) is 0.323. The van der Waals surface area contributed by atoms with Gasteiger partial charge in [-0.25, -0.2) is 4.68 Å². The second-order valence-electron chi connectivity index (χ2n) is 6.78. The van der Waals surface area contributed by atoms with Crippen LogP contribution in [0.1, 0.15) is 61.7 Å². The molecule has 25 heavy (non-hydrogen) atoms. The Bertz CT molecular complexity index is 695. The van der Waals surface area contributed by atoms with Crippen LogP contribution in [0.4, 0.5) is 0 Å². The van der Waals surface area contributed by atoms with Crippen molar-refractivity contribution in [2.75, 3.05) is 13.1 Å². The van der Waals surface area contributed by atoms with Crippen molar-refractivity contribution in [2.24, 2.45) is 0 Å². The summed E-state index contributed by atoms with van der Waals surface area (Å²) in [6, 6.07) is 1.74. The van der Waals surface area contributed by atoms with Crippen molar-refractivity contribution in [3.63, 3.8) is 0 Å². The number of hydrogen-bond acceptors (Lipinski definition) is 6. The summed E-state index contributed by atoms with van der Waals surface area (Å²) < 4.78 is 6.88. The molecule has 8 heteroatoms.